The van der Waals surface area contributed by atoms with Crippen LogP contribution in [-0.2, 0) is 19.5 Å². The van der Waals surface area contributed by atoms with Gasteiger partial charge in [0.1, 0.15) is 5.69 Å². The zero-order chi connectivity index (χ0) is 15.8. The number of pyridine rings is 1. The van der Waals surface area contributed by atoms with Crippen molar-refractivity contribution in [3.63, 3.8) is 0 Å². The summed E-state index contributed by atoms with van der Waals surface area (Å²) in [7, 11) is 0. The topological polar surface area (TPSA) is 71.3 Å². The molecule has 118 valence electrons. The Morgan fingerprint density at radius 1 is 1.52 bits per heavy atom. The number of nitrogens with one attached hydrogen (secondary N) is 2. The molecule has 0 atom stereocenters. The van der Waals surface area contributed by atoms with Crippen LogP contribution in [0.25, 0.3) is 4.96 Å². The molecule has 0 spiro atoms. The molecule has 0 aliphatic carbocycles. The highest BCUT2D eigenvalue weighted by atomic mass is 32.1. The summed E-state index contributed by atoms with van der Waals surface area (Å²) >= 11 is 1.52. The zero-order valence-electron chi connectivity index (χ0n) is 12.8. The lowest BCUT2D eigenvalue weighted by Crippen LogP contribution is -2.29. The standard InChI is InChI=1S/C16H17N5OS/c1-10-13(12-2-3-17-6-11(12)7-18-10)8-19-15(22)14-9-21-4-5-23-16(21)20-14/h4-5,7,9,17H,2-3,6,8H2,1H3,(H,19,22). The second-order valence-electron chi connectivity index (χ2n) is 5.65. The Morgan fingerprint density at radius 3 is 3.30 bits per heavy atom. The predicted octanol–water partition coefficient (Wildman–Crippen LogP) is 1.67. The number of rotatable bonds is 3. The second-order valence-corrected chi connectivity index (χ2v) is 6.53. The van der Waals surface area contributed by atoms with Crippen molar-refractivity contribution in [2.75, 3.05) is 6.54 Å². The van der Waals surface area contributed by atoms with Crippen molar-refractivity contribution in [3.8, 4) is 0 Å². The Labute approximate surface area is 137 Å². The van der Waals surface area contributed by atoms with Gasteiger partial charge in [0.05, 0.1) is 0 Å². The highest BCUT2D eigenvalue weighted by molar-refractivity contribution is 7.15. The number of carbonyl (C=O) groups excluding carboxylic acids is 1. The molecule has 6 nitrogen and oxygen atoms in total. The normalized spacial score (nSPS) is 14.0. The molecule has 1 amide bonds. The van der Waals surface area contributed by atoms with Crippen LogP contribution in [0.3, 0.4) is 0 Å². The molecule has 0 aromatic carbocycles. The van der Waals surface area contributed by atoms with Crippen LogP contribution >= 0.6 is 11.3 Å². The molecule has 0 bridgehead atoms. The van der Waals surface area contributed by atoms with E-state index < -0.39 is 0 Å². The van der Waals surface area contributed by atoms with Gasteiger partial charge in [-0.15, -0.1) is 11.3 Å². The molecule has 1 aliphatic heterocycles. The van der Waals surface area contributed by atoms with Gasteiger partial charge in [-0.1, -0.05) is 0 Å². The molecular formula is C16H17N5OS. The van der Waals surface area contributed by atoms with E-state index in [2.05, 4.69) is 20.6 Å². The Balaban J connectivity index is 1.54. The largest absolute Gasteiger partial charge is 0.346 e. The fourth-order valence-corrected chi connectivity index (χ4v) is 3.67. The van der Waals surface area contributed by atoms with Gasteiger partial charge in [0.25, 0.3) is 5.91 Å². The van der Waals surface area contributed by atoms with Crippen LogP contribution in [0, 0.1) is 6.92 Å². The zero-order valence-corrected chi connectivity index (χ0v) is 13.6. The van der Waals surface area contributed by atoms with Crippen molar-refractivity contribution < 1.29 is 4.79 Å². The summed E-state index contributed by atoms with van der Waals surface area (Å²) in [6.07, 6.45) is 6.57. The van der Waals surface area contributed by atoms with Gasteiger partial charge in [-0.3, -0.25) is 14.2 Å². The number of aryl methyl sites for hydroxylation is 1. The number of aromatic nitrogens is 3. The molecule has 4 heterocycles. The van der Waals surface area contributed by atoms with Crippen molar-refractivity contribution in [3.05, 3.63) is 52.0 Å². The molecule has 23 heavy (non-hydrogen) atoms. The van der Waals surface area contributed by atoms with Crippen LogP contribution < -0.4 is 10.6 Å². The Bertz CT molecular complexity index is 853. The first-order chi connectivity index (χ1) is 11.2. The van der Waals surface area contributed by atoms with Crippen LogP contribution in [-0.4, -0.2) is 26.8 Å². The maximum absolute atomic E-state index is 12.3. The summed E-state index contributed by atoms with van der Waals surface area (Å²) in [6.45, 7) is 4.30. The lowest BCUT2D eigenvalue weighted by Gasteiger charge is -2.21. The maximum Gasteiger partial charge on any atom is 0.271 e. The van der Waals surface area contributed by atoms with E-state index in [0.29, 0.717) is 12.2 Å². The minimum absolute atomic E-state index is 0.146. The van der Waals surface area contributed by atoms with E-state index >= 15 is 0 Å². The highest BCUT2D eigenvalue weighted by Crippen LogP contribution is 2.20. The van der Waals surface area contributed by atoms with Crippen molar-refractivity contribution in [1.29, 1.82) is 0 Å². The molecule has 0 saturated carbocycles. The first-order valence-electron chi connectivity index (χ1n) is 7.59. The van der Waals surface area contributed by atoms with E-state index in [0.717, 1.165) is 35.7 Å². The van der Waals surface area contributed by atoms with E-state index in [1.54, 1.807) is 6.20 Å². The molecule has 0 radical (unpaired) electrons. The highest BCUT2D eigenvalue weighted by Gasteiger charge is 2.17. The summed E-state index contributed by atoms with van der Waals surface area (Å²) in [5, 5.41) is 8.29. The molecule has 1 aliphatic rings. The average Bonchev–Trinajstić information content (AvgIpc) is 3.15. The van der Waals surface area contributed by atoms with E-state index in [9.17, 15) is 4.79 Å². The van der Waals surface area contributed by atoms with E-state index in [-0.39, 0.29) is 5.91 Å². The number of thiazole rings is 1. The van der Waals surface area contributed by atoms with E-state index in [1.165, 1.54) is 22.5 Å². The minimum Gasteiger partial charge on any atom is -0.346 e. The number of hydrogen-bond donors (Lipinski definition) is 2. The molecule has 4 rings (SSSR count). The van der Waals surface area contributed by atoms with Crippen LogP contribution in [0.4, 0.5) is 0 Å². The van der Waals surface area contributed by atoms with E-state index in [1.807, 2.05) is 29.1 Å². The van der Waals surface area contributed by atoms with E-state index in [4.69, 9.17) is 0 Å². The van der Waals surface area contributed by atoms with Crippen LogP contribution in [0.1, 0.15) is 32.9 Å². The Hall–Kier alpha value is -2.25. The van der Waals surface area contributed by atoms with Gasteiger partial charge >= 0.3 is 0 Å². The van der Waals surface area contributed by atoms with Crippen LogP contribution in [0.2, 0.25) is 0 Å². The third-order valence-corrected chi connectivity index (χ3v) is 4.99. The lowest BCUT2D eigenvalue weighted by molar-refractivity contribution is 0.0946. The van der Waals surface area contributed by atoms with Crippen molar-refractivity contribution in [2.45, 2.75) is 26.4 Å². The summed E-state index contributed by atoms with van der Waals surface area (Å²) < 4.78 is 1.86. The van der Waals surface area contributed by atoms with Crippen molar-refractivity contribution >= 4 is 22.2 Å². The smallest absolute Gasteiger partial charge is 0.271 e. The molecular weight excluding hydrogens is 310 g/mol. The SMILES string of the molecule is Cc1ncc2c(c1CNC(=O)c1cn3ccsc3n1)CCNC2. The fourth-order valence-electron chi connectivity index (χ4n) is 2.97. The molecule has 3 aromatic rings. The lowest BCUT2D eigenvalue weighted by atomic mass is 9.96. The third kappa shape index (κ3) is 2.62. The van der Waals surface area contributed by atoms with Gasteiger partial charge in [-0.2, -0.15) is 0 Å². The quantitative estimate of drug-likeness (QED) is 0.768. The second kappa shape index (κ2) is 5.75. The number of imidazole rings is 1. The van der Waals surface area contributed by atoms with Gasteiger partial charge in [0.2, 0.25) is 0 Å². The van der Waals surface area contributed by atoms with Gasteiger partial charge in [0.15, 0.2) is 4.96 Å². The monoisotopic (exact) mass is 327 g/mol. The Morgan fingerprint density at radius 2 is 2.43 bits per heavy atom. The van der Waals surface area contributed by atoms with Gasteiger partial charge in [-0.25, -0.2) is 4.98 Å². The number of hydrogen-bond acceptors (Lipinski definition) is 5. The predicted molar refractivity (Wildman–Crippen MR) is 88.6 cm³/mol. The molecule has 3 aromatic heterocycles. The third-order valence-electron chi connectivity index (χ3n) is 4.22. The van der Waals surface area contributed by atoms with Crippen molar-refractivity contribution in [1.82, 2.24) is 25.0 Å². The molecule has 2 N–H and O–H groups in total. The number of fused-ring (bicyclic) bond motifs is 2. The summed E-state index contributed by atoms with van der Waals surface area (Å²) in [6, 6.07) is 0. The van der Waals surface area contributed by atoms with Gasteiger partial charge < -0.3 is 10.6 Å². The number of amides is 1. The summed E-state index contributed by atoms with van der Waals surface area (Å²) in [5.74, 6) is -0.146. The fraction of sp³-hybridized carbons (Fsp3) is 0.312. The van der Waals surface area contributed by atoms with Crippen molar-refractivity contribution in [2.24, 2.45) is 0 Å². The first kappa shape index (κ1) is 14.3. The summed E-state index contributed by atoms with van der Waals surface area (Å²) in [5.41, 5.74) is 5.13. The van der Waals surface area contributed by atoms with Crippen LogP contribution in [0.5, 0.6) is 0 Å². The Kier molecular flexibility index (Phi) is 3.59. The number of carbonyl (C=O) groups is 1. The van der Waals surface area contributed by atoms with Crippen LogP contribution in [0.15, 0.2) is 24.0 Å². The molecule has 7 heteroatoms. The molecule has 0 fully saturated rings. The van der Waals surface area contributed by atoms with Gasteiger partial charge in [-0.05, 0) is 36.6 Å². The number of nitrogens with zero attached hydrogens (tertiary/aromatic N) is 3. The minimum atomic E-state index is -0.146. The molecule has 0 saturated heterocycles. The van der Waals surface area contributed by atoms with Gasteiger partial charge in [0, 0.05) is 42.8 Å². The first-order valence-corrected chi connectivity index (χ1v) is 8.47. The summed E-state index contributed by atoms with van der Waals surface area (Å²) in [4.78, 5) is 22.0. The average molecular weight is 327 g/mol. The maximum atomic E-state index is 12.3. The molecule has 0 unspecified atom stereocenters.